The quantitative estimate of drug-likeness (QED) is 0.855. The second-order valence-electron chi connectivity index (χ2n) is 6.56. The Balaban J connectivity index is 2.00. The van der Waals surface area contributed by atoms with Gasteiger partial charge in [-0.15, -0.1) is 0 Å². The molecule has 2 N–H and O–H groups in total. The van der Waals surface area contributed by atoms with E-state index in [2.05, 4.69) is 30.8 Å². The zero-order valence-corrected chi connectivity index (χ0v) is 14.7. The first kappa shape index (κ1) is 17.7. The Morgan fingerprint density at radius 1 is 0.826 bits per heavy atom. The smallest absolute Gasteiger partial charge is 0.240 e. The van der Waals surface area contributed by atoms with Gasteiger partial charge >= 0.3 is 0 Å². The molecule has 0 fully saturated rings. The van der Waals surface area contributed by atoms with Crippen LogP contribution >= 0.6 is 0 Å². The summed E-state index contributed by atoms with van der Waals surface area (Å²) in [5, 5.41) is 3.38. The van der Waals surface area contributed by atoms with Crippen molar-refractivity contribution in [1.29, 1.82) is 0 Å². The molecule has 0 atom stereocenters. The summed E-state index contributed by atoms with van der Waals surface area (Å²) >= 11 is 0. The zero-order valence-electron chi connectivity index (χ0n) is 13.8. The number of hydrogen-bond acceptors (Lipinski definition) is 3. The van der Waals surface area contributed by atoms with E-state index < -0.39 is 10.0 Å². The molecule has 0 aliphatic heterocycles. The Bertz CT molecular complexity index is 718. The third-order valence-electron chi connectivity index (χ3n) is 3.37. The molecule has 0 amide bonds. The van der Waals surface area contributed by atoms with Crippen molar-refractivity contribution in [1.82, 2.24) is 10.0 Å². The molecule has 124 valence electrons. The highest BCUT2D eigenvalue weighted by Gasteiger charge is 2.14. The number of nitrogens with one attached hydrogen (secondary N) is 2. The maximum atomic E-state index is 12.3. The van der Waals surface area contributed by atoms with Crippen molar-refractivity contribution in [3.05, 3.63) is 65.7 Å². The van der Waals surface area contributed by atoms with Crippen LogP contribution in [0.5, 0.6) is 0 Å². The molecule has 2 rings (SSSR count). The topological polar surface area (TPSA) is 58.2 Å². The van der Waals surface area contributed by atoms with Crippen molar-refractivity contribution in [2.75, 3.05) is 0 Å². The highest BCUT2D eigenvalue weighted by Crippen LogP contribution is 2.12. The Labute approximate surface area is 139 Å². The molecule has 0 heterocycles. The molecule has 0 saturated heterocycles. The van der Waals surface area contributed by atoms with E-state index in [0.29, 0.717) is 6.54 Å². The lowest BCUT2D eigenvalue weighted by atomic mass is 10.1. The van der Waals surface area contributed by atoms with Crippen LogP contribution < -0.4 is 10.0 Å². The first-order valence-electron chi connectivity index (χ1n) is 7.64. The fourth-order valence-corrected chi connectivity index (χ4v) is 3.03. The average Bonchev–Trinajstić information content (AvgIpc) is 2.52. The molecule has 2 aromatic rings. The van der Waals surface area contributed by atoms with Crippen LogP contribution in [0.1, 0.15) is 31.9 Å². The predicted molar refractivity (Wildman–Crippen MR) is 93.5 cm³/mol. The van der Waals surface area contributed by atoms with Gasteiger partial charge in [-0.2, -0.15) is 0 Å². The van der Waals surface area contributed by atoms with E-state index in [1.807, 2.05) is 42.5 Å². The molecule has 0 aromatic heterocycles. The van der Waals surface area contributed by atoms with Crippen LogP contribution in [-0.2, 0) is 23.1 Å². The lowest BCUT2D eigenvalue weighted by molar-refractivity contribution is 0.424. The SMILES string of the molecule is CC(C)(C)NCc1ccc(S(=O)(=O)NCc2ccccc2)cc1. The molecular weight excluding hydrogens is 308 g/mol. The van der Waals surface area contributed by atoms with E-state index in [1.165, 1.54) is 0 Å². The Hall–Kier alpha value is -1.69. The molecule has 0 spiro atoms. The van der Waals surface area contributed by atoms with Crippen molar-refractivity contribution < 1.29 is 8.42 Å². The molecule has 2 aromatic carbocycles. The van der Waals surface area contributed by atoms with Crippen LogP contribution in [-0.4, -0.2) is 14.0 Å². The Morgan fingerprint density at radius 2 is 1.39 bits per heavy atom. The van der Waals surface area contributed by atoms with Gasteiger partial charge in [0.25, 0.3) is 0 Å². The van der Waals surface area contributed by atoms with Gasteiger partial charge in [-0.3, -0.25) is 0 Å². The van der Waals surface area contributed by atoms with E-state index in [4.69, 9.17) is 0 Å². The van der Waals surface area contributed by atoms with E-state index in [-0.39, 0.29) is 17.0 Å². The van der Waals surface area contributed by atoms with Gasteiger partial charge < -0.3 is 5.32 Å². The van der Waals surface area contributed by atoms with Crippen LogP contribution in [0.25, 0.3) is 0 Å². The summed E-state index contributed by atoms with van der Waals surface area (Å²) in [6.45, 7) is 7.29. The van der Waals surface area contributed by atoms with Crippen molar-refractivity contribution >= 4 is 10.0 Å². The van der Waals surface area contributed by atoms with Gasteiger partial charge in [0.2, 0.25) is 10.0 Å². The van der Waals surface area contributed by atoms with Gasteiger partial charge in [-0.25, -0.2) is 13.1 Å². The van der Waals surface area contributed by atoms with Crippen molar-refractivity contribution in [2.24, 2.45) is 0 Å². The maximum absolute atomic E-state index is 12.3. The Kier molecular flexibility index (Phi) is 5.57. The number of benzene rings is 2. The fraction of sp³-hybridized carbons (Fsp3) is 0.333. The minimum atomic E-state index is -3.49. The second-order valence-corrected chi connectivity index (χ2v) is 8.32. The van der Waals surface area contributed by atoms with Crippen LogP contribution in [0.15, 0.2) is 59.5 Å². The van der Waals surface area contributed by atoms with Gasteiger partial charge in [0.05, 0.1) is 4.90 Å². The molecule has 0 bridgehead atoms. The van der Waals surface area contributed by atoms with Crippen LogP contribution in [0.3, 0.4) is 0 Å². The van der Waals surface area contributed by atoms with Gasteiger partial charge in [0.1, 0.15) is 0 Å². The number of hydrogen-bond donors (Lipinski definition) is 2. The third-order valence-corrected chi connectivity index (χ3v) is 4.78. The summed E-state index contributed by atoms with van der Waals surface area (Å²) < 4.78 is 27.2. The monoisotopic (exact) mass is 332 g/mol. The number of sulfonamides is 1. The largest absolute Gasteiger partial charge is 0.308 e. The van der Waals surface area contributed by atoms with Crippen LogP contribution in [0.4, 0.5) is 0 Å². The first-order valence-corrected chi connectivity index (χ1v) is 9.12. The van der Waals surface area contributed by atoms with Gasteiger partial charge in [0, 0.05) is 18.6 Å². The van der Waals surface area contributed by atoms with Gasteiger partial charge in [-0.1, -0.05) is 42.5 Å². The molecule has 0 saturated carbocycles. The molecule has 0 radical (unpaired) electrons. The van der Waals surface area contributed by atoms with Crippen LogP contribution in [0.2, 0.25) is 0 Å². The molecule has 0 aliphatic rings. The van der Waals surface area contributed by atoms with E-state index in [1.54, 1.807) is 12.1 Å². The van der Waals surface area contributed by atoms with E-state index >= 15 is 0 Å². The highest BCUT2D eigenvalue weighted by atomic mass is 32.2. The van der Waals surface area contributed by atoms with Gasteiger partial charge in [0.15, 0.2) is 0 Å². The first-order chi connectivity index (χ1) is 10.8. The Morgan fingerprint density at radius 3 is 1.96 bits per heavy atom. The van der Waals surface area contributed by atoms with Crippen molar-refractivity contribution in [2.45, 2.75) is 44.3 Å². The summed E-state index contributed by atoms with van der Waals surface area (Å²) in [7, 11) is -3.49. The second kappa shape index (κ2) is 7.25. The van der Waals surface area contributed by atoms with Crippen LogP contribution in [0, 0.1) is 0 Å². The highest BCUT2D eigenvalue weighted by molar-refractivity contribution is 7.89. The molecule has 0 unspecified atom stereocenters. The van der Waals surface area contributed by atoms with Gasteiger partial charge in [-0.05, 0) is 44.0 Å². The number of rotatable bonds is 6. The summed E-state index contributed by atoms with van der Waals surface area (Å²) in [5.41, 5.74) is 2.02. The predicted octanol–water partition coefficient (Wildman–Crippen LogP) is 3.05. The summed E-state index contributed by atoms with van der Waals surface area (Å²) in [4.78, 5) is 0.285. The molecular formula is C18H24N2O2S. The molecule has 0 aliphatic carbocycles. The summed E-state index contributed by atoms with van der Waals surface area (Å²) in [5.74, 6) is 0. The molecule has 4 nitrogen and oxygen atoms in total. The van der Waals surface area contributed by atoms with E-state index in [9.17, 15) is 8.42 Å². The zero-order chi connectivity index (χ0) is 16.9. The van der Waals surface area contributed by atoms with E-state index in [0.717, 1.165) is 11.1 Å². The molecule has 5 heteroatoms. The molecule has 23 heavy (non-hydrogen) atoms. The van der Waals surface area contributed by atoms with Crippen molar-refractivity contribution in [3.63, 3.8) is 0 Å². The lowest BCUT2D eigenvalue weighted by Crippen LogP contribution is -2.35. The average molecular weight is 332 g/mol. The standard InChI is InChI=1S/C18H24N2O2S/c1-18(2,3)19-13-16-9-11-17(12-10-16)23(21,22)20-14-15-7-5-4-6-8-15/h4-12,19-20H,13-14H2,1-3H3. The third kappa shape index (κ3) is 5.78. The lowest BCUT2D eigenvalue weighted by Gasteiger charge is -2.20. The minimum absolute atomic E-state index is 0.0297. The normalized spacial score (nSPS) is 12.3. The summed E-state index contributed by atoms with van der Waals surface area (Å²) in [6, 6.07) is 16.4. The summed E-state index contributed by atoms with van der Waals surface area (Å²) in [6.07, 6.45) is 0. The fourth-order valence-electron chi connectivity index (χ4n) is 2.01. The van der Waals surface area contributed by atoms with Crippen molar-refractivity contribution in [3.8, 4) is 0 Å². The maximum Gasteiger partial charge on any atom is 0.240 e. The minimum Gasteiger partial charge on any atom is -0.308 e.